The van der Waals surface area contributed by atoms with Gasteiger partial charge in [0, 0.05) is 12.0 Å². The first-order chi connectivity index (χ1) is 9.61. The highest BCUT2D eigenvalue weighted by Gasteiger charge is 2.21. The van der Waals surface area contributed by atoms with Gasteiger partial charge in [0.2, 0.25) is 0 Å². The maximum absolute atomic E-state index is 3.90. The van der Waals surface area contributed by atoms with Gasteiger partial charge < -0.3 is 0 Å². The largest absolute Gasteiger partial charge is 0.129 e. The van der Waals surface area contributed by atoms with Gasteiger partial charge in [-0.1, -0.05) is 76.5 Å². The zero-order chi connectivity index (χ0) is 16.5. The summed E-state index contributed by atoms with van der Waals surface area (Å²) in [6.45, 7) is 20.0. The SMILES string of the molecule is C=CC/C(C#C[Si](C)(C)C)=C(\C#CCCCC)[Si](C)(C)C. The van der Waals surface area contributed by atoms with Gasteiger partial charge >= 0.3 is 0 Å². The van der Waals surface area contributed by atoms with Crippen LogP contribution in [0.25, 0.3) is 0 Å². The number of allylic oxidation sites excluding steroid dienone is 3. The van der Waals surface area contributed by atoms with Gasteiger partial charge in [0.15, 0.2) is 0 Å². The van der Waals surface area contributed by atoms with Crippen molar-refractivity contribution in [2.45, 2.75) is 71.9 Å². The van der Waals surface area contributed by atoms with Gasteiger partial charge in [-0.25, -0.2) is 0 Å². The number of hydrogen-bond donors (Lipinski definition) is 0. The van der Waals surface area contributed by atoms with Crippen molar-refractivity contribution in [2.75, 3.05) is 0 Å². The van der Waals surface area contributed by atoms with Gasteiger partial charge in [-0.3, -0.25) is 0 Å². The molecule has 0 radical (unpaired) electrons. The fourth-order valence-electron chi connectivity index (χ4n) is 1.75. The highest BCUT2D eigenvalue weighted by atomic mass is 28.3. The summed E-state index contributed by atoms with van der Waals surface area (Å²) in [6, 6.07) is 0. The normalized spacial score (nSPS) is 12.5. The molecule has 0 rings (SSSR count). The van der Waals surface area contributed by atoms with Crippen molar-refractivity contribution in [1.29, 1.82) is 0 Å². The molecule has 0 bridgehead atoms. The van der Waals surface area contributed by atoms with E-state index < -0.39 is 16.1 Å². The second kappa shape index (κ2) is 9.13. The smallest absolute Gasteiger partial charge is 0.127 e. The molecule has 0 heterocycles. The van der Waals surface area contributed by atoms with Crippen LogP contribution in [0, 0.1) is 23.3 Å². The molecule has 116 valence electrons. The van der Waals surface area contributed by atoms with Gasteiger partial charge in [-0.05, 0) is 18.0 Å². The van der Waals surface area contributed by atoms with E-state index in [9.17, 15) is 0 Å². The van der Waals surface area contributed by atoms with Crippen molar-refractivity contribution in [2.24, 2.45) is 0 Å². The third-order valence-electron chi connectivity index (χ3n) is 2.86. The average molecular weight is 317 g/mol. The third kappa shape index (κ3) is 9.56. The van der Waals surface area contributed by atoms with Crippen molar-refractivity contribution in [3.63, 3.8) is 0 Å². The molecular formula is C19H32Si2. The first kappa shape index (κ1) is 20.0. The highest BCUT2D eigenvalue weighted by Crippen LogP contribution is 2.20. The first-order valence-corrected chi connectivity index (χ1v) is 15.0. The molecule has 0 aromatic rings. The molecular weight excluding hydrogens is 284 g/mol. The van der Waals surface area contributed by atoms with E-state index in [0.29, 0.717) is 0 Å². The molecule has 0 saturated carbocycles. The fourth-order valence-corrected chi connectivity index (χ4v) is 3.81. The molecule has 0 aliphatic carbocycles. The van der Waals surface area contributed by atoms with E-state index in [1.54, 1.807) is 0 Å². The number of unbranched alkanes of at least 4 members (excludes halogenated alkanes) is 2. The molecule has 0 aromatic carbocycles. The molecule has 0 atom stereocenters. The molecule has 0 spiro atoms. The summed E-state index contributed by atoms with van der Waals surface area (Å²) in [5.41, 5.74) is 4.72. The van der Waals surface area contributed by atoms with Gasteiger partial charge in [-0.15, -0.1) is 12.1 Å². The lowest BCUT2D eigenvalue weighted by Gasteiger charge is -2.18. The quantitative estimate of drug-likeness (QED) is 0.260. The molecule has 0 N–H and O–H groups in total. The van der Waals surface area contributed by atoms with Crippen molar-refractivity contribution < 1.29 is 0 Å². The topological polar surface area (TPSA) is 0 Å². The molecule has 2 heteroatoms. The molecule has 21 heavy (non-hydrogen) atoms. The Morgan fingerprint density at radius 2 is 1.67 bits per heavy atom. The minimum absolute atomic E-state index is 0.847. The van der Waals surface area contributed by atoms with E-state index in [2.05, 4.69) is 76.1 Å². The van der Waals surface area contributed by atoms with Gasteiger partial charge in [0.05, 0.1) is 8.07 Å². The Kier molecular flexibility index (Phi) is 8.71. The molecule has 0 aromatic heterocycles. The third-order valence-corrected chi connectivity index (χ3v) is 5.66. The molecule has 0 unspecified atom stereocenters. The summed E-state index contributed by atoms with van der Waals surface area (Å²) in [7, 11) is -2.83. The average Bonchev–Trinajstić information content (AvgIpc) is 2.32. The van der Waals surface area contributed by atoms with Gasteiger partial charge in [0.1, 0.15) is 8.07 Å². The van der Waals surface area contributed by atoms with Crippen LogP contribution in [0.2, 0.25) is 39.3 Å². The van der Waals surface area contributed by atoms with Crippen molar-refractivity contribution in [1.82, 2.24) is 0 Å². The number of rotatable bonds is 5. The van der Waals surface area contributed by atoms with E-state index in [1.165, 1.54) is 23.6 Å². The van der Waals surface area contributed by atoms with E-state index in [0.717, 1.165) is 12.8 Å². The van der Waals surface area contributed by atoms with Crippen molar-refractivity contribution in [3.8, 4) is 23.3 Å². The Hall–Kier alpha value is -0.966. The Balaban J connectivity index is 5.74. The monoisotopic (exact) mass is 316 g/mol. The van der Waals surface area contributed by atoms with Gasteiger partial charge in [0.25, 0.3) is 0 Å². The Labute approximate surface area is 135 Å². The van der Waals surface area contributed by atoms with Gasteiger partial charge in [-0.2, -0.15) is 0 Å². The lowest BCUT2D eigenvalue weighted by Crippen LogP contribution is -2.25. The predicted molar refractivity (Wildman–Crippen MR) is 104 cm³/mol. The second-order valence-electron chi connectivity index (χ2n) is 7.50. The van der Waals surface area contributed by atoms with E-state index in [-0.39, 0.29) is 0 Å². The predicted octanol–water partition coefficient (Wildman–Crippen LogP) is 5.81. The minimum atomic E-state index is -1.47. The molecule has 0 amide bonds. The van der Waals surface area contributed by atoms with E-state index in [4.69, 9.17) is 0 Å². The summed E-state index contributed by atoms with van der Waals surface area (Å²) in [5.74, 6) is 10.3. The molecule has 0 aliphatic rings. The van der Waals surface area contributed by atoms with Crippen LogP contribution in [0.4, 0.5) is 0 Å². The molecule has 0 aliphatic heterocycles. The zero-order valence-corrected chi connectivity index (χ0v) is 17.1. The molecule has 0 fully saturated rings. The second-order valence-corrected chi connectivity index (χ2v) is 17.3. The lowest BCUT2D eigenvalue weighted by molar-refractivity contribution is 0.828. The van der Waals surface area contributed by atoms with Crippen LogP contribution in [-0.4, -0.2) is 16.1 Å². The summed E-state index contributed by atoms with van der Waals surface area (Å²) in [5, 5.41) is 1.32. The minimum Gasteiger partial charge on any atom is -0.127 e. The van der Waals surface area contributed by atoms with E-state index in [1.807, 2.05) is 6.08 Å². The summed E-state index contributed by atoms with van der Waals surface area (Å²) in [6.07, 6.45) is 6.19. The van der Waals surface area contributed by atoms with Crippen LogP contribution in [0.15, 0.2) is 23.4 Å². The zero-order valence-electron chi connectivity index (χ0n) is 15.1. The summed E-state index contributed by atoms with van der Waals surface area (Å²) in [4.78, 5) is 0. The van der Waals surface area contributed by atoms with Crippen molar-refractivity contribution in [3.05, 3.63) is 23.4 Å². The van der Waals surface area contributed by atoms with E-state index >= 15 is 0 Å². The Morgan fingerprint density at radius 3 is 2.10 bits per heavy atom. The fraction of sp³-hybridized carbons (Fsp3) is 0.579. The number of hydrogen-bond acceptors (Lipinski definition) is 0. The van der Waals surface area contributed by atoms with Crippen LogP contribution in [0.3, 0.4) is 0 Å². The van der Waals surface area contributed by atoms with Crippen molar-refractivity contribution >= 4 is 16.1 Å². The van der Waals surface area contributed by atoms with Crippen LogP contribution < -0.4 is 0 Å². The van der Waals surface area contributed by atoms with Crippen LogP contribution in [0.5, 0.6) is 0 Å². The highest BCUT2D eigenvalue weighted by molar-refractivity contribution is 6.85. The van der Waals surface area contributed by atoms with Crippen LogP contribution in [-0.2, 0) is 0 Å². The standard InChI is InChI=1S/C19H32Si2/c1-9-11-12-13-15-19(21(6,7)8)18(14-10-2)16-17-20(3,4)5/h10H,2,9,11-12,14H2,1,3-8H3/b19-18-. The lowest BCUT2D eigenvalue weighted by atomic mass is 10.2. The maximum Gasteiger partial charge on any atom is 0.129 e. The summed E-state index contributed by atoms with van der Waals surface area (Å²) < 4.78 is 0. The first-order valence-electron chi connectivity index (χ1n) is 7.98. The Bertz CT molecular complexity index is 488. The molecule has 0 nitrogen and oxygen atoms in total. The molecule has 0 saturated heterocycles. The van der Waals surface area contributed by atoms with Crippen LogP contribution >= 0.6 is 0 Å². The Morgan fingerprint density at radius 1 is 1.05 bits per heavy atom. The van der Waals surface area contributed by atoms with Crippen LogP contribution in [0.1, 0.15) is 32.6 Å². The maximum atomic E-state index is 3.90. The summed E-state index contributed by atoms with van der Waals surface area (Å²) >= 11 is 0.